The smallest absolute Gasteiger partial charge is 0.273 e. The number of fused-ring (bicyclic) bond motifs is 7. The molecule has 3 amide bonds. The first kappa shape index (κ1) is 21.7. The van der Waals surface area contributed by atoms with Crippen molar-refractivity contribution in [2.24, 2.45) is 11.8 Å². The lowest BCUT2D eigenvalue weighted by molar-refractivity contribution is -0.384. The molecule has 4 aliphatic heterocycles. The molecule has 4 atom stereocenters. The number of nitro groups is 1. The molecule has 0 saturated carbocycles. The van der Waals surface area contributed by atoms with Crippen molar-refractivity contribution in [3.63, 3.8) is 0 Å². The SMILES string of the molecule is CCc1cccc2c1NC(=O)[C@]21[C@@H]2C(=O)N(c3ccc([N+](=O)[O-])cc3OC)C(=O)[C@@H]2[C@@H]2CCCN21. The largest absolute Gasteiger partial charge is 0.494 e. The molecule has 0 bridgehead atoms. The minimum absolute atomic E-state index is 0.0581. The third-order valence-electron chi connectivity index (χ3n) is 8.11. The predicted octanol–water partition coefficient (Wildman–Crippen LogP) is 2.60. The first-order valence-corrected chi connectivity index (χ1v) is 11.8. The average Bonchev–Trinajstić information content (AvgIpc) is 3.56. The highest BCUT2D eigenvalue weighted by Gasteiger charge is 2.74. The molecule has 0 aromatic heterocycles. The topological polar surface area (TPSA) is 122 Å². The molecule has 0 radical (unpaired) electrons. The Kier molecular flexibility index (Phi) is 4.56. The number of para-hydroxylation sites is 1. The molecule has 4 aliphatic rings. The van der Waals surface area contributed by atoms with Crippen LogP contribution in [0.2, 0.25) is 0 Å². The van der Waals surface area contributed by atoms with E-state index in [-0.39, 0.29) is 29.1 Å². The highest BCUT2D eigenvalue weighted by atomic mass is 16.6. The van der Waals surface area contributed by atoms with Gasteiger partial charge in [-0.3, -0.25) is 29.4 Å². The summed E-state index contributed by atoms with van der Waals surface area (Å²) in [4.78, 5) is 55.6. The summed E-state index contributed by atoms with van der Waals surface area (Å²) in [6, 6.07) is 9.31. The first-order chi connectivity index (χ1) is 16.9. The van der Waals surface area contributed by atoms with Crippen LogP contribution < -0.4 is 15.0 Å². The van der Waals surface area contributed by atoms with Gasteiger partial charge < -0.3 is 10.1 Å². The molecule has 2 aromatic carbocycles. The summed E-state index contributed by atoms with van der Waals surface area (Å²) in [6.07, 6.45) is 2.26. The van der Waals surface area contributed by atoms with Crippen LogP contribution in [0.25, 0.3) is 0 Å². The van der Waals surface area contributed by atoms with Gasteiger partial charge in [-0.2, -0.15) is 0 Å². The second kappa shape index (κ2) is 7.35. The number of ether oxygens (including phenoxy) is 1. The Morgan fingerprint density at radius 1 is 1.20 bits per heavy atom. The quantitative estimate of drug-likeness (QED) is 0.409. The number of carbonyl (C=O) groups excluding carboxylic acids is 3. The van der Waals surface area contributed by atoms with Gasteiger partial charge in [0.15, 0.2) is 0 Å². The van der Waals surface area contributed by atoms with Gasteiger partial charge in [0.25, 0.3) is 5.69 Å². The van der Waals surface area contributed by atoms with E-state index in [9.17, 15) is 24.5 Å². The molecule has 180 valence electrons. The van der Waals surface area contributed by atoms with Crippen LogP contribution in [0.5, 0.6) is 5.75 Å². The number of hydrogen-bond acceptors (Lipinski definition) is 7. The fourth-order valence-electron chi connectivity index (χ4n) is 6.79. The number of non-ortho nitro benzene ring substituents is 1. The number of imide groups is 1. The zero-order chi connectivity index (χ0) is 24.6. The molecule has 35 heavy (non-hydrogen) atoms. The normalized spacial score (nSPS) is 28.9. The molecule has 2 aromatic rings. The summed E-state index contributed by atoms with van der Waals surface area (Å²) in [6.45, 7) is 2.64. The van der Waals surface area contributed by atoms with Gasteiger partial charge in [0.1, 0.15) is 11.3 Å². The minimum atomic E-state index is -1.26. The highest BCUT2D eigenvalue weighted by molar-refractivity contribution is 6.26. The Labute approximate surface area is 201 Å². The molecule has 3 fully saturated rings. The molecule has 1 spiro atoms. The maximum atomic E-state index is 14.1. The standard InChI is InChI=1S/C25H24N4O6/c1-3-13-6-4-7-15-21(13)26-24(32)25(15)20-19(17-8-5-11-27(17)25)22(30)28(23(20)31)16-10-9-14(29(33)34)12-18(16)35-2/h4,6-7,9-10,12,17,19-20H,3,5,8,11H2,1-2H3,(H,26,32)/t17-,19+,20-,25+/m0/s1. The number of aryl methyl sites for hydroxylation is 1. The predicted molar refractivity (Wildman–Crippen MR) is 125 cm³/mol. The molecule has 3 saturated heterocycles. The van der Waals surface area contributed by atoms with Gasteiger partial charge in [-0.15, -0.1) is 0 Å². The van der Waals surface area contributed by atoms with Crippen LogP contribution in [0.1, 0.15) is 30.9 Å². The number of methoxy groups -OCH3 is 1. The molecule has 4 heterocycles. The lowest BCUT2D eigenvalue weighted by Gasteiger charge is -2.36. The molecule has 10 heteroatoms. The van der Waals surface area contributed by atoms with Crippen LogP contribution >= 0.6 is 0 Å². The van der Waals surface area contributed by atoms with Crippen molar-refractivity contribution in [1.29, 1.82) is 0 Å². The zero-order valence-corrected chi connectivity index (χ0v) is 19.3. The second-order valence-electron chi connectivity index (χ2n) is 9.45. The lowest BCUT2D eigenvalue weighted by Crippen LogP contribution is -2.54. The van der Waals surface area contributed by atoms with Crippen LogP contribution in [0, 0.1) is 22.0 Å². The highest BCUT2D eigenvalue weighted by Crippen LogP contribution is 2.61. The van der Waals surface area contributed by atoms with E-state index in [2.05, 4.69) is 10.2 Å². The van der Waals surface area contributed by atoms with Gasteiger partial charge in [0.2, 0.25) is 17.7 Å². The monoisotopic (exact) mass is 476 g/mol. The van der Waals surface area contributed by atoms with Crippen molar-refractivity contribution in [3.05, 3.63) is 57.6 Å². The molecule has 10 nitrogen and oxygen atoms in total. The van der Waals surface area contributed by atoms with Gasteiger partial charge in [-0.05, 0) is 37.4 Å². The van der Waals surface area contributed by atoms with Crippen LogP contribution in [0.4, 0.5) is 17.1 Å². The summed E-state index contributed by atoms with van der Waals surface area (Å²) in [5.74, 6) is -2.67. The first-order valence-electron chi connectivity index (χ1n) is 11.8. The van der Waals surface area contributed by atoms with Gasteiger partial charge in [-0.25, -0.2) is 4.90 Å². The van der Waals surface area contributed by atoms with Gasteiger partial charge >= 0.3 is 0 Å². The van der Waals surface area contributed by atoms with Crippen molar-refractivity contribution in [1.82, 2.24) is 4.90 Å². The number of amides is 3. The van der Waals surface area contributed by atoms with Crippen molar-refractivity contribution < 1.29 is 24.0 Å². The third-order valence-corrected chi connectivity index (χ3v) is 8.11. The summed E-state index contributed by atoms with van der Waals surface area (Å²) in [7, 11) is 1.33. The summed E-state index contributed by atoms with van der Waals surface area (Å²) in [5.41, 5.74) is 1.15. The Morgan fingerprint density at radius 2 is 2.00 bits per heavy atom. The second-order valence-corrected chi connectivity index (χ2v) is 9.45. The van der Waals surface area contributed by atoms with E-state index in [1.54, 1.807) is 0 Å². The Balaban J connectivity index is 1.53. The van der Waals surface area contributed by atoms with Crippen molar-refractivity contribution >= 4 is 34.8 Å². The zero-order valence-electron chi connectivity index (χ0n) is 19.3. The van der Waals surface area contributed by atoms with E-state index in [1.165, 1.54) is 25.3 Å². The fourth-order valence-corrected chi connectivity index (χ4v) is 6.79. The van der Waals surface area contributed by atoms with Crippen LogP contribution in [-0.4, -0.2) is 47.2 Å². The third kappa shape index (κ3) is 2.54. The maximum Gasteiger partial charge on any atom is 0.273 e. The number of rotatable bonds is 4. The van der Waals surface area contributed by atoms with E-state index in [4.69, 9.17) is 4.74 Å². The number of carbonyl (C=O) groups is 3. The fraction of sp³-hybridized carbons (Fsp3) is 0.400. The molecule has 1 N–H and O–H groups in total. The summed E-state index contributed by atoms with van der Waals surface area (Å²) >= 11 is 0. The van der Waals surface area contributed by atoms with Crippen molar-refractivity contribution in [3.8, 4) is 5.75 Å². The Morgan fingerprint density at radius 3 is 2.71 bits per heavy atom. The summed E-state index contributed by atoms with van der Waals surface area (Å²) < 4.78 is 5.34. The lowest BCUT2D eigenvalue weighted by atomic mass is 9.75. The van der Waals surface area contributed by atoms with E-state index >= 15 is 0 Å². The van der Waals surface area contributed by atoms with Crippen LogP contribution in [0.3, 0.4) is 0 Å². The average molecular weight is 476 g/mol. The number of nitrogens with zero attached hydrogens (tertiary/aromatic N) is 3. The molecule has 0 unspecified atom stereocenters. The van der Waals surface area contributed by atoms with Crippen molar-refractivity contribution in [2.75, 3.05) is 23.9 Å². The molecular formula is C25H24N4O6. The minimum Gasteiger partial charge on any atom is -0.494 e. The van der Waals surface area contributed by atoms with Gasteiger partial charge in [0.05, 0.1) is 35.6 Å². The van der Waals surface area contributed by atoms with Crippen LogP contribution in [0.15, 0.2) is 36.4 Å². The number of nitrogens with one attached hydrogen (secondary N) is 1. The van der Waals surface area contributed by atoms with Crippen molar-refractivity contribution in [2.45, 2.75) is 37.8 Å². The number of nitro benzene ring substituents is 1. The molecular weight excluding hydrogens is 452 g/mol. The summed E-state index contributed by atoms with van der Waals surface area (Å²) in [5, 5.41) is 14.3. The van der Waals surface area contributed by atoms with E-state index < -0.39 is 34.1 Å². The number of hydrogen-bond donors (Lipinski definition) is 1. The van der Waals surface area contributed by atoms with Crippen LogP contribution in [-0.2, 0) is 26.3 Å². The Hall–Kier alpha value is -3.79. The van der Waals surface area contributed by atoms with Gasteiger partial charge in [-0.1, -0.05) is 25.1 Å². The molecule has 6 rings (SSSR count). The van der Waals surface area contributed by atoms with E-state index in [0.29, 0.717) is 13.0 Å². The Bertz CT molecular complexity index is 1330. The van der Waals surface area contributed by atoms with E-state index in [1.807, 2.05) is 25.1 Å². The van der Waals surface area contributed by atoms with E-state index in [0.717, 1.165) is 34.6 Å². The van der Waals surface area contributed by atoms with Gasteiger partial charge in [0, 0.05) is 23.4 Å². The number of benzene rings is 2. The maximum absolute atomic E-state index is 14.1. The molecule has 0 aliphatic carbocycles. The number of anilines is 2.